The Kier molecular flexibility index (Phi) is 5.96. The highest BCUT2D eigenvalue weighted by Crippen LogP contribution is 2.35. The molecule has 0 radical (unpaired) electrons. The van der Waals surface area contributed by atoms with Gasteiger partial charge in [-0.25, -0.2) is 4.39 Å². The van der Waals surface area contributed by atoms with Crippen molar-refractivity contribution >= 4 is 17.5 Å². The molecule has 2 aromatic rings. The number of rotatable bonds is 6. The number of thioether (sulfide) groups is 1. The Hall–Kier alpha value is -1.89. The maximum absolute atomic E-state index is 13.8. The normalized spacial score (nSPS) is 20.2. The molecule has 140 valence electrons. The second-order valence-electron chi connectivity index (χ2n) is 6.89. The summed E-state index contributed by atoms with van der Waals surface area (Å²) in [4.78, 5) is 12.4. The third kappa shape index (κ3) is 4.09. The molecule has 5 nitrogen and oxygen atoms in total. The number of aryl methyl sites for hydroxylation is 1. The van der Waals surface area contributed by atoms with Crippen LogP contribution in [0.15, 0.2) is 23.4 Å². The zero-order chi connectivity index (χ0) is 18.7. The molecule has 3 rings (SSSR count). The lowest BCUT2D eigenvalue weighted by Gasteiger charge is -2.29. The van der Waals surface area contributed by atoms with E-state index in [1.54, 1.807) is 6.07 Å². The van der Waals surface area contributed by atoms with Crippen LogP contribution in [0, 0.1) is 18.7 Å². The van der Waals surface area contributed by atoms with Crippen molar-refractivity contribution in [1.82, 2.24) is 14.8 Å². The van der Waals surface area contributed by atoms with Gasteiger partial charge in [0.2, 0.25) is 0 Å². The number of hydrogen-bond donors (Lipinski definition) is 0. The first kappa shape index (κ1) is 18.9. The number of halogens is 1. The van der Waals surface area contributed by atoms with Gasteiger partial charge in [-0.2, -0.15) is 0 Å². The molecule has 0 amide bonds. The van der Waals surface area contributed by atoms with Crippen molar-refractivity contribution in [2.75, 3.05) is 12.9 Å². The molecule has 2 atom stereocenters. The van der Waals surface area contributed by atoms with Crippen molar-refractivity contribution in [3.05, 3.63) is 35.4 Å². The number of aromatic nitrogens is 3. The van der Waals surface area contributed by atoms with E-state index in [1.807, 2.05) is 6.92 Å². The number of carbonyl (C=O) groups is 1. The minimum absolute atomic E-state index is 0.135. The van der Waals surface area contributed by atoms with Crippen LogP contribution in [0.2, 0.25) is 0 Å². The monoisotopic (exact) mass is 377 g/mol. The van der Waals surface area contributed by atoms with Gasteiger partial charge in [0.1, 0.15) is 5.82 Å². The van der Waals surface area contributed by atoms with E-state index >= 15 is 0 Å². The van der Waals surface area contributed by atoms with E-state index < -0.39 is 5.82 Å². The van der Waals surface area contributed by atoms with E-state index in [4.69, 9.17) is 4.74 Å². The predicted octanol–water partition coefficient (Wildman–Crippen LogP) is 4.46. The molecule has 0 bridgehead atoms. The number of benzene rings is 1. The summed E-state index contributed by atoms with van der Waals surface area (Å²) < 4.78 is 20.9. The standard InChI is InChI=1S/C19H24FN3O2S/c1-12-5-4-6-15(9-12)23-13(2)21-22-19(23)26-11-17(24)14-7-8-18(25-3)16(20)10-14/h7-8,10,12,15H,4-6,9,11H2,1-3H3/t12-,15-/m0/s1. The van der Waals surface area contributed by atoms with Crippen molar-refractivity contribution in [3.8, 4) is 5.75 Å². The maximum atomic E-state index is 13.8. The highest BCUT2D eigenvalue weighted by atomic mass is 32.2. The fourth-order valence-electron chi connectivity index (χ4n) is 3.56. The first-order valence-corrected chi connectivity index (χ1v) is 9.89. The van der Waals surface area contributed by atoms with Gasteiger partial charge in [0.15, 0.2) is 22.5 Å². The molecule has 7 heteroatoms. The average molecular weight is 377 g/mol. The molecule has 1 aliphatic rings. The van der Waals surface area contributed by atoms with Crippen LogP contribution in [-0.4, -0.2) is 33.4 Å². The van der Waals surface area contributed by atoms with E-state index in [0.29, 0.717) is 17.5 Å². The van der Waals surface area contributed by atoms with Gasteiger partial charge >= 0.3 is 0 Å². The quantitative estimate of drug-likeness (QED) is 0.549. The van der Waals surface area contributed by atoms with E-state index in [1.165, 1.54) is 43.8 Å². The van der Waals surface area contributed by atoms with Crippen LogP contribution in [0.3, 0.4) is 0 Å². The topological polar surface area (TPSA) is 57.0 Å². The molecule has 1 saturated carbocycles. The van der Waals surface area contributed by atoms with Crippen LogP contribution < -0.4 is 4.74 Å². The lowest BCUT2D eigenvalue weighted by Crippen LogP contribution is -2.19. The van der Waals surface area contributed by atoms with Gasteiger partial charge in [0, 0.05) is 11.6 Å². The molecule has 1 fully saturated rings. The summed E-state index contributed by atoms with van der Waals surface area (Å²) in [5, 5.41) is 9.23. The van der Waals surface area contributed by atoms with Gasteiger partial charge < -0.3 is 9.30 Å². The molecule has 1 aromatic carbocycles. The fourth-order valence-corrected chi connectivity index (χ4v) is 4.50. The number of ketones is 1. The first-order chi connectivity index (χ1) is 12.5. The van der Waals surface area contributed by atoms with Crippen LogP contribution in [0.1, 0.15) is 54.8 Å². The van der Waals surface area contributed by atoms with Crippen molar-refractivity contribution in [2.24, 2.45) is 5.92 Å². The Bertz CT molecular complexity index is 793. The molecule has 1 aromatic heterocycles. The third-order valence-electron chi connectivity index (χ3n) is 4.91. The van der Waals surface area contributed by atoms with Crippen LogP contribution in [0.4, 0.5) is 4.39 Å². The summed E-state index contributed by atoms with van der Waals surface area (Å²) in [5.74, 6) is 1.24. The lowest BCUT2D eigenvalue weighted by molar-refractivity contribution is 0.102. The molecule has 0 aliphatic heterocycles. The van der Waals surface area contributed by atoms with Crippen LogP contribution in [-0.2, 0) is 0 Å². The summed E-state index contributed by atoms with van der Waals surface area (Å²) in [7, 11) is 1.40. The minimum atomic E-state index is -0.529. The summed E-state index contributed by atoms with van der Waals surface area (Å²) >= 11 is 1.37. The van der Waals surface area contributed by atoms with E-state index in [-0.39, 0.29) is 17.3 Å². The summed E-state index contributed by atoms with van der Waals surface area (Å²) in [6, 6.07) is 4.68. The fraction of sp³-hybridized carbons (Fsp3) is 0.526. The summed E-state index contributed by atoms with van der Waals surface area (Å²) in [6.07, 6.45) is 4.71. The Labute approximate surface area is 157 Å². The van der Waals surface area contributed by atoms with Gasteiger partial charge in [-0.3, -0.25) is 4.79 Å². The van der Waals surface area contributed by atoms with E-state index in [2.05, 4.69) is 21.7 Å². The Morgan fingerprint density at radius 3 is 2.88 bits per heavy atom. The summed E-state index contributed by atoms with van der Waals surface area (Å²) in [5.41, 5.74) is 0.338. The van der Waals surface area contributed by atoms with Crippen LogP contribution in [0.5, 0.6) is 5.75 Å². The molecular weight excluding hydrogens is 353 g/mol. The second kappa shape index (κ2) is 8.20. The molecule has 1 heterocycles. The minimum Gasteiger partial charge on any atom is -0.494 e. The van der Waals surface area contributed by atoms with E-state index in [9.17, 15) is 9.18 Å². The van der Waals surface area contributed by atoms with Crippen molar-refractivity contribution in [2.45, 2.75) is 50.7 Å². The van der Waals surface area contributed by atoms with Gasteiger partial charge in [-0.1, -0.05) is 31.5 Å². The maximum Gasteiger partial charge on any atom is 0.191 e. The highest BCUT2D eigenvalue weighted by Gasteiger charge is 2.25. The van der Waals surface area contributed by atoms with Gasteiger partial charge in [-0.15, -0.1) is 10.2 Å². The molecule has 0 unspecified atom stereocenters. The number of nitrogens with zero attached hydrogens (tertiary/aromatic N) is 3. The zero-order valence-corrected chi connectivity index (χ0v) is 16.2. The largest absolute Gasteiger partial charge is 0.494 e. The lowest BCUT2D eigenvalue weighted by atomic mass is 9.87. The van der Waals surface area contributed by atoms with Gasteiger partial charge in [-0.05, 0) is 43.9 Å². The van der Waals surface area contributed by atoms with E-state index in [0.717, 1.165) is 23.8 Å². The van der Waals surface area contributed by atoms with Crippen LogP contribution >= 0.6 is 11.8 Å². The molecule has 26 heavy (non-hydrogen) atoms. The third-order valence-corrected chi connectivity index (χ3v) is 5.86. The molecule has 0 spiro atoms. The molecule has 1 aliphatic carbocycles. The number of ether oxygens (including phenoxy) is 1. The zero-order valence-electron chi connectivity index (χ0n) is 15.4. The molecule has 0 saturated heterocycles. The highest BCUT2D eigenvalue weighted by molar-refractivity contribution is 7.99. The number of Topliss-reactive ketones (excluding diaryl/α,β-unsaturated/α-hetero) is 1. The number of hydrogen-bond acceptors (Lipinski definition) is 5. The average Bonchev–Trinajstić information content (AvgIpc) is 3.00. The Morgan fingerprint density at radius 2 is 2.19 bits per heavy atom. The van der Waals surface area contributed by atoms with Gasteiger partial charge in [0.05, 0.1) is 12.9 Å². The SMILES string of the molecule is COc1ccc(C(=O)CSc2nnc(C)n2[C@H]2CCC[C@H](C)C2)cc1F. The van der Waals surface area contributed by atoms with Crippen molar-refractivity contribution < 1.29 is 13.9 Å². The Morgan fingerprint density at radius 1 is 1.38 bits per heavy atom. The summed E-state index contributed by atoms with van der Waals surface area (Å²) in [6.45, 7) is 4.23. The van der Waals surface area contributed by atoms with Crippen molar-refractivity contribution in [3.63, 3.8) is 0 Å². The Balaban J connectivity index is 1.70. The predicted molar refractivity (Wildman–Crippen MR) is 99.4 cm³/mol. The first-order valence-electron chi connectivity index (χ1n) is 8.90. The second-order valence-corrected chi connectivity index (χ2v) is 7.83. The van der Waals surface area contributed by atoms with Crippen molar-refractivity contribution in [1.29, 1.82) is 0 Å². The van der Waals surface area contributed by atoms with Gasteiger partial charge in [0.25, 0.3) is 0 Å². The number of carbonyl (C=O) groups excluding carboxylic acids is 1. The smallest absolute Gasteiger partial charge is 0.191 e. The number of methoxy groups -OCH3 is 1. The molecular formula is C19H24FN3O2S. The van der Waals surface area contributed by atoms with Crippen LogP contribution in [0.25, 0.3) is 0 Å². The molecule has 0 N–H and O–H groups in total.